The second-order valence-electron chi connectivity index (χ2n) is 4.63. The molecule has 2 amide bonds. The van der Waals surface area contributed by atoms with Crippen molar-refractivity contribution in [3.8, 4) is 0 Å². The molecule has 0 saturated carbocycles. The van der Waals surface area contributed by atoms with Crippen LogP contribution in [-0.2, 0) is 0 Å². The van der Waals surface area contributed by atoms with Crippen molar-refractivity contribution in [2.24, 2.45) is 0 Å². The fourth-order valence-electron chi connectivity index (χ4n) is 1.92. The van der Waals surface area contributed by atoms with Crippen LogP contribution in [0.25, 0.3) is 0 Å². The monoisotopic (exact) mass is 352 g/mol. The maximum absolute atomic E-state index is 13.6. The summed E-state index contributed by atoms with van der Waals surface area (Å²) >= 11 is 10.0. The molecule has 0 spiro atoms. The van der Waals surface area contributed by atoms with Gasteiger partial charge in [-0.3, -0.25) is 9.59 Å². The molecule has 2 aromatic carbocycles. The van der Waals surface area contributed by atoms with E-state index in [9.17, 15) is 14.0 Å². The van der Waals surface area contributed by atoms with E-state index in [0.717, 1.165) is 6.07 Å². The highest BCUT2D eigenvalue weighted by molar-refractivity contribution is 7.80. The van der Waals surface area contributed by atoms with Gasteiger partial charge in [-0.15, -0.1) is 12.6 Å². The molecule has 2 rings (SSSR count). The maximum atomic E-state index is 13.6. The number of hydrogen-bond donors (Lipinski definition) is 3. The number of thiol groups is 1. The van der Waals surface area contributed by atoms with Crippen LogP contribution in [0.15, 0.2) is 47.4 Å². The lowest BCUT2D eigenvalue weighted by Gasteiger charge is -2.09. The predicted octanol–water partition coefficient (Wildman–Crippen LogP) is 2.93. The van der Waals surface area contributed by atoms with Crippen molar-refractivity contribution in [1.29, 1.82) is 0 Å². The highest BCUT2D eigenvalue weighted by atomic mass is 35.5. The van der Waals surface area contributed by atoms with Gasteiger partial charge in [0.1, 0.15) is 5.82 Å². The second kappa shape index (κ2) is 7.99. The van der Waals surface area contributed by atoms with E-state index in [2.05, 4.69) is 23.3 Å². The molecule has 0 heterocycles. The van der Waals surface area contributed by atoms with Crippen LogP contribution in [-0.4, -0.2) is 24.9 Å². The van der Waals surface area contributed by atoms with Gasteiger partial charge >= 0.3 is 0 Å². The summed E-state index contributed by atoms with van der Waals surface area (Å²) in [6.07, 6.45) is 0. The largest absolute Gasteiger partial charge is 0.350 e. The second-order valence-corrected chi connectivity index (χ2v) is 5.51. The lowest BCUT2D eigenvalue weighted by atomic mass is 10.2. The van der Waals surface area contributed by atoms with Crippen LogP contribution in [0.4, 0.5) is 4.39 Å². The van der Waals surface area contributed by atoms with Crippen LogP contribution in [0.1, 0.15) is 20.7 Å². The van der Waals surface area contributed by atoms with Gasteiger partial charge in [-0.25, -0.2) is 4.39 Å². The minimum absolute atomic E-state index is 0.0375. The van der Waals surface area contributed by atoms with Crippen molar-refractivity contribution in [2.45, 2.75) is 4.90 Å². The highest BCUT2D eigenvalue weighted by Crippen LogP contribution is 2.18. The average Bonchev–Trinajstić information content (AvgIpc) is 2.51. The minimum atomic E-state index is -0.692. The third-order valence-corrected chi connectivity index (χ3v) is 3.74. The lowest BCUT2D eigenvalue weighted by molar-refractivity contribution is 0.0924. The number of nitrogens with one attached hydrogen (secondary N) is 2. The zero-order chi connectivity index (χ0) is 16.8. The third-order valence-electron chi connectivity index (χ3n) is 3.03. The highest BCUT2D eigenvalue weighted by Gasteiger charge is 2.15. The Morgan fingerprint density at radius 3 is 2.30 bits per heavy atom. The Morgan fingerprint density at radius 2 is 1.65 bits per heavy atom. The number of hydrogen-bond acceptors (Lipinski definition) is 3. The summed E-state index contributed by atoms with van der Waals surface area (Å²) in [6.45, 7) is 0.336. The molecular weight excluding hydrogens is 339 g/mol. The molecule has 2 aromatic rings. The molecule has 0 saturated heterocycles. The van der Waals surface area contributed by atoms with Crippen molar-refractivity contribution in [3.63, 3.8) is 0 Å². The van der Waals surface area contributed by atoms with Gasteiger partial charge in [0.05, 0.1) is 16.1 Å². The van der Waals surface area contributed by atoms with Crippen LogP contribution >= 0.6 is 24.2 Å². The van der Waals surface area contributed by atoms with Gasteiger partial charge in [-0.2, -0.15) is 0 Å². The van der Waals surface area contributed by atoms with E-state index in [4.69, 9.17) is 11.6 Å². The molecule has 120 valence electrons. The molecule has 0 aliphatic rings. The van der Waals surface area contributed by atoms with Gasteiger partial charge < -0.3 is 10.6 Å². The zero-order valence-corrected chi connectivity index (χ0v) is 13.6. The summed E-state index contributed by atoms with van der Waals surface area (Å²) in [5.74, 6) is -1.62. The number of amides is 2. The Morgan fingerprint density at radius 1 is 1.00 bits per heavy atom. The first kappa shape index (κ1) is 17.3. The topological polar surface area (TPSA) is 58.2 Å². The van der Waals surface area contributed by atoms with Crippen molar-refractivity contribution in [2.75, 3.05) is 13.1 Å². The SMILES string of the molecule is O=C(NCCNC(=O)c1c(F)cccc1Cl)c1ccccc1S. The van der Waals surface area contributed by atoms with Gasteiger partial charge in [0.2, 0.25) is 0 Å². The van der Waals surface area contributed by atoms with Gasteiger partial charge in [-0.1, -0.05) is 29.8 Å². The van der Waals surface area contributed by atoms with E-state index in [1.807, 2.05) is 0 Å². The Balaban J connectivity index is 1.85. The van der Waals surface area contributed by atoms with Gasteiger partial charge in [0, 0.05) is 18.0 Å². The van der Waals surface area contributed by atoms with E-state index >= 15 is 0 Å². The molecule has 2 N–H and O–H groups in total. The molecule has 7 heteroatoms. The standard InChI is InChI=1S/C16H14ClFN2O2S/c17-11-5-3-6-12(18)14(11)16(22)20-9-8-19-15(21)10-4-1-2-7-13(10)23/h1-7,23H,8-9H2,(H,19,21)(H,20,22). The summed E-state index contributed by atoms with van der Waals surface area (Å²) < 4.78 is 13.6. The number of rotatable bonds is 5. The van der Waals surface area contributed by atoms with Gasteiger partial charge in [0.25, 0.3) is 11.8 Å². The van der Waals surface area contributed by atoms with E-state index in [1.165, 1.54) is 12.1 Å². The van der Waals surface area contributed by atoms with E-state index < -0.39 is 11.7 Å². The van der Waals surface area contributed by atoms with Gasteiger partial charge in [-0.05, 0) is 24.3 Å². The Kier molecular flexibility index (Phi) is 6.01. The fraction of sp³-hybridized carbons (Fsp3) is 0.125. The van der Waals surface area contributed by atoms with Crippen molar-refractivity contribution >= 4 is 36.0 Å². The third kappa shape index (κ3) is 4.46. The van der Waals surface area contributed by atoms with Crippen LogP contribution in [0.2, 0.25) is 5.02 Å². The van der Waals surface area contributed by atoms with E-state index in [0.29, 0.717) is 10.5 Å². The first-order valence-electron chi connectivity index (χ1n) is 6.79. The summed E-state index contributed by atoms with van der Waals surface area (Å²) in [6, 6.07) is 10.9. The lowest BCUT2D eigenvalue weighted by Crippen LogP contribution is -2.35. The summed E-state index contributed by atoms with van der Waals surface area (Å²) in [7, 11) is 0. The first-order chi connectivity index (χ1) is 11.0. The average molecular weight is 353 g/mol. The molecule has 0 aliphatic heterocycles. The molecular formula is C16H14ClFN2O2S. The van der Waals surface area contributed by atoms with E-state index in [-0.39, 0.29) is 29.6 Å². The van der Waals surface area contributed by atoms with Crippen LogP contribution in [0.3, 0.4) is 0 Å². The number of carbonyl (C=O) groups excluding carboxylic acids is 2. The van der Waals surface area contributed by atoms with Crippen LogP contribution in [0, 0.1) is 5.82 Å². The number of benzene rings is 2. The van der Waals surface area contributed by atoms with Crippen molar-refractivity contribution < 1.29 is 14.0 Å². The molecule has 23 heavy (non-hydrogen) atoms. The van der Waals surface area contributed by atoms with Crippen molar-refractivity contribution in [3.05, 3.63) is 64.4 Å². The van der Waals surface area contributed by atoms with Crippen LogP contribution in [0.5, 0.6) is 0 Å². The van der Waals surface area contributed by atoms with Gasteiger partial charge in [0.15, 0.2) is 0 Å². The molecule has 0 fully saturated rings. The quantitative estimate of drug-likeness (QED) is 0.572. The summed E-state index contributed by atoms with van der Waals surface area (Å²) in [5.41, 5.74) is 0.237. The maximum Gasteiger partial charge on any atom is 0.255 e. The Hall–Kier alpha value is -2.05. The molecule has 0 aromatic heterocycles. The van der Waals surface area contributed by atoms with Crippen LogP contribution < -0.4 is 10.6 Å². The van der Waals surface area contributed by atoms with Crippen molar-refractivity contribution in [1.82, 2.24) is 10.6 Å². The molecule has 0 unspecified atom stereocenters. The normalized spacial score (nSPS) is 10.2. The number of carbonyl (C=O) groups is 2. The molecule has 0 bridgehead atoms. The van der Waals surface area contributed by atoms with E-state index in [1.54, 1.807) is 24.3 Å². The molecule has 4 nitrogen and oxygen atoms in total. The first-order valence-corrected chi connectivity index (χ1v) is 7.61. The smallest absolute Gasteiger partial charge is 0.255 e. The Labute approximate surface area is 143 Å². The minimum Gasteiger partial charge on any atom is -0.350 e. The number of halogens is 2. The fourth-order valence-corrected chi connectivity index (χ4v) is 2.43. The Bertz CT molecular complexity index is 720. The molecule has 0 atom stereocenters. The summed E-state index contributed by atoms with van der Waals surface area (Å²) in [4.78, 5) is 24.4. The summed E-state index contributed by atoms with van der Waals surface area (Å²) in [5, 5.41) is 5.19. The zero-order valence-electron chi connectivity index (χ0n) is 12.0. The molecule has 0 radical (unpaired) electrons. The predicted molar refractivity (Wildman–Crippen MR) is 89.8 cm³/mol. The molecule has 0 aliphatic carbocycles.